The van der Waals surface area contributed by atoms with Crippen LogP contribution in [0.3, 0.4) is 0 Å². The first-order chi connectivity index (χ1) is 6.60. The van der Waals surface area contributed by atoms with E-state index < -0.39 is 11.9 Å². The van der Waals surface area contributed by atoms with E-state index in [0.29, 0.717) is 0 Å². The Morgan fingerprint density at radius 1 is 1.64 bits per heavy atom. The van der Waals surface area contributed by atoms with Crippen molar-refractivity contribution in [2.45, 2.75) is 6.04 Å². The normalized spacial score (nSPS) is 11.8. The number of aromatic hydroxyl groups is 1. The van der Waals surface area contributed by atoms with E-state index in [9.17, 15) is 9.50 Å². The Morgan fingerprint density at radius 2 is 2.29 bits per heavy atom. The van der Waals surface area contributed by atoms with Crippen molar-refractivity contribution in [1.29, 1.82) is 5.26 Å². The van der Waals surface area contributed by atoms with Crippen molar-refractivity contribution in [2.24, 2.45) is 5.73 Å². The largest absolute Gasteiger partial charge is 0.507 e. The van der Waals surface area contributed by atoms with E-state index in [0.717, 1.165) is 6.07 Å². The molecule has 0 unspecified atom stereocenters. The van der Waals surface area contributed by atoms with Crippen LogP contribution in [0, 0.1) is 17.1 Å². The van der Waals surface area contributed by atoms with Gasteiger partial charge in [0.2, 0.25) is 0 Å². The van der Waals surface area contributed by atoms with E-state index in [-0.39, 0.29) is 16.9 Å². The molecule has 1 aromatic carbocycles. The molecule has 1 atom stereocenters. The molecule has 4 heteroatoms. The van der Waals surface area contributed by atoms with Gasteiger partial charge in [-0.25, -0.2) is 4.39 Å². The van der Waals surface area contributed by atoms with Crippen LogP contribution in [0.25, 0.3) is 0 Å². The quantitative estimate of drug-likeness (QED) is 0.699. The van der Waals surface area contributed by atoms with Crippen molar-refractivity contribution in [1.82, 2.24) is 0 Å². The highest BCUT2D eigenvalue weighted by Gasteiger charge is 2.12. The lowest BCUT2D eigenvalue weighted by Gasteiger charge is -2.09. The summed E-state index contributed by atoms with van der Waals surface area (Å²) in [5, 5.41) is 17.9. The number of phenolic OH excluding ortho intramolecular Hbond substituents is 1. The van der Waals surface area contributed by atoms with Gasteiger partial charge in [-0.3, -0.25) is 0 Å². The van der Waals surface area contributed by atoms with Crippen molar-refractivity contribution in [3.05, 3.63) is 41.7 Å². The van der Waals surface area contributed by atoms with Gasteiger partial charge in [0.1, 0.15) is 17.6 Å². The fourth-order valence-corrected chi connectivity index (χ4v) is 1.06. The third-order valence-corrected chi connectivity index (χ3v) is 1.85. The number of rotatable bonds is 2. The summed E-state index contributed by atoms with van der Waals surface area (Å²) in [7, 11) is 0. The molecule has 0 bridgehead atoms. The molecule has 0 spiro atoms. The average Bonchev–Trinajstić information content (AvgIpc) is 2.17. The fourth-order valence-electron chi connectivity index (χ4n) is 1.06. The van der Waals surface area contributed by atoms with Crippen molar-refractivity contribution < 1.29 is 9.50 Å². The lowest BCUT2D eigenvalue weighted by molar-refractivity contribution is 0.459. The third-order valence-electron chi connectivity index (χ3n) is 1.85. The number of nitrogens with two attached hydrogens (primary N) is 1. The number of benzene rings is 1. The molecule has 3 nitrogen and oxygen atoms in total. The highest BCUT2D eigenvalue weighted by atomic mass is 19.1. The SMILES string of the molecule is C=C[C@H](N)c1cc(C#N)c(F)cc1O. The van der Waals surface area contributed by atoms with Gasteiger partial charge in [-0.2, -0.15) is 5.26 Å². The maximum absolute atomic E-state index is 12.9. The van der Waals surface area contributed by atoms with Crippen molar-refractivity contribution in [3.8, 4) is 11.8 Å². The van der Waals surface area contributed by atoms with Gasteiger partial charge in [-0.05, 0) is 6.07 Å². The molecule has 0 aliphatic heterocycles. The minimum Gasteiger partial charge on any atom is -0.507 e. The molecular formula is C10H9FN2O. The lowest BCUT2D eigenvalue weighted by Crippen LogP contribution is -2.07. The van der Waals surface area contributed by atoms with Gasteiger partial charge in [-0.15, -0.1) is 6.58 Å². The topological polar surface area (TPSA) is 70.0 Å². The van der Waals surface area contributed by atoms with Crippen LogP contribution >= 0.6 is 0 Å². The molecule has 0 heterocycles. The molecule has 3 N–H and O–H groups in total. The van der Waals surface area contributed by atoms with E-state index in [4.69, 9.17) is 11.0 Å². The van der Waals surface area contributed by atoms with Gasteiger partial charge in [0.15, 0.2) is 0 Å². The monoisotopic (exact) mass is 192 g/mol. The number of phenols is 1. The van der Waals surface area contributed by atoms with Crippen LogP contribution < -0.4 is 5.73 Å². The first kappa shape index (κ1) is 10.2. The summed E-state index contributed by atoms with van der Waals surface area (Å²) in [6.07, 6.45) is 1.40. The van der Waals surface area contributed by atoms with Gasteiger partial charge < -0.3 is 10.8 Å². The molecule has 0 amide bonds. The molecule has 1 aromatic rings. The molecule has 0 radical (unpaired) electrons. The highest BCUT2D eigenvalue weighted by molar-refractivity contribution is 5.44. The average molecular weight is 192 g/mol. The molecule has 0 saturated heterocycles. The predicted molar refractivity (Wildman–Crippen MR) is 49.9 cm³/mol. The molecule has 0 aromatic heterocycles. The molecule has 14 heavy (non-hydrogen) atoms. The lowest BCUT2D eigenvalue weighted by atomic mass is 10.0. The standard InChI is InChI=1S/C10H9FN2O/c1-2-9(13)7-3-6(5-12)8(11)4-10(7)14/h2-4,9,14H,1,13H2/t9-/m0/s1. The minimum absolute atomic E-state index is 0.143. The van der Waals surface area contributed by atoms with Crippen LogP contribution in [-0.4, -0.2) is 5.11 Å². The summed E-state index contributed by atoms with van der Waals surface area (Å²) in [5.74, 6) is -1.03. The van der Waals surface area contributed by atoms with Crippen molar-refractivity contribution >= 4 is 0 Å². The zero-order valence-corrected chi connectivity index (χ0v) is 7.37. The van der Waals surface area contributed by atoms with Crippen LogP contribution in [0.5, 0.6) is 5.75 Å². The Labute approximate surface area is 80.9 Å². The molecule has 1 rings (SSSR count). The van der Waals surface area contributed by atoms with Crippen LogP contribution in [0.2, 0.25) is 0 Å². The second-order valence-electron chi connectivity index (χ2n) is 2.76. The summed E-state index contributed by atoms with van der Waals surface area (Å²) in [5.41, 5.74) is 5.71. The zero-order chi connectivity index (χ0) is 10.7. The van der Waals surface area contributed by atoms with Crippen molar-refractivity contribution in [2.75, 3.05) is 0 Å². The zero-order valence-electron chi connectivity index (χ0n) is 7.37. The van der Waals surface area contributed by atoms with E-state index in [1.165, 1.54) is 12.1 Å². The molecule has 0 aliphatic carbocycles. The number of halogens is 1. The second kappa shape index (κ2) is 3.90. The van der Waals surface area contributed by atoms with Crippen molar-refractivity contribution in [3.63, 3.8) is 0 Å². The van der Waals surface area contributed by atoms with Crippen LogP contribution in [0.15, 0.2) is 24.8 Å². The van der Waals surface area contributed by atoms with Gasteiger partial charge in [0, 0.05) is 11.6 Å². The number of nitriles is 1. The van der Waals surface area contributed by atoms with E-state index in [1.807, 2.05) is 0 Å². The summed E-state index contributed by atoms with van der Waals surface area (Å²) in [4.78, 5) is 0. The third kappa shape index (κ3) is 1.73. The summed E-state index contributed by atoms with van der Waals surface area (Å²) in [6.45, 7) is 3.44. The second-order valence-corrected chi connectivity index (χ2v) is 2.76. The van der Waals surface area contributed by atoms with E-state index in [2.05, 4.69) is 6.58 Å². The predicted octanol–water partition coefficient (Wildman–Crippen LogP) is 1.59. The number of hydrogen-bond donors (Lipinski definition) is 2. The summed E-state index contributed by atoms with van der Waals surface area (Å²) in [6, 6.07) is 3.15. The van der Waals surface area contributed by atoms with E-state index in [1.54, 1.807) is 6.07 Å². The minimum atomic E-state index is -0.759. The van der Waals surface area contributed by atoms with Crippen LogP contribution in [0.4, 0.5) is 4.39 Å². The molecule has 0 saturated carbocycles. The van der Waals surface area contributed by atoms with Gasteiger partial charge in [0.05, 0.1) is 11.6 Å². The van der Waals surface area contributed by atoms with Gasteiger partial charge in [-0.1, -0.05) is 6.08 Å². The summed E-state index contributed by atoms with van der Waals surface area (Å²) < 4.78 is 12.9. The Hall–Kier alpha value is -1.86. The molecular weight excluding hydrogens is 183 g/mol. The van der Waals surface area contributed by atoms with E-state index >= 15 is 0 Å². The Kier molecular flexibility index (Phi) is 2.85. The Bertz CT molecular complexity index is 409. The molecule has 72 valence electrons. The molecule has 0 aliphatic rings. The highest BCUT2D eigenvalue weighted by Crippen LogP contribution is 2.26. The number of nitrogens with zero attached hydrogens (tertiary/aromatic N) is 1. The molecule has 0 fully saturated rings. The maximum atomic E-state index is 12.9. The first-order valence-electron chi connectivity index (χ1n) is 3.90. The smallest absolute Gasteiger partial charge is 0.144 e. The number of hydrogen-bond acceptors (Lipinski definition) is 3. The summed E-state index contributed by atoms with van der Waals surface area (Å²) >= 11 is 0. The Balaban J connectivity index is 3.32. The van der Waals surface area contributed by atoms with Gasteiger partial charge in [0.25, 0.3) is 0 Å². The van der Waals surface area contributed by atoms with Gasteiger partial charge >= 0.3 is 0 Å². The van der Waals surface area contributed by atoms with Crippen LogP contribution in [0.1, 0.15) is 17.2 Å². The fraction of sp³-hybridized carbons (Fsp3) is 0.100. The first-order valence-corrected chi connectivity index (χ1v) is 3.90. The maximum Gasteiger partial charge on any atom is 0.144 e. The van der Waals surface area contributed by atoms with Crippen LogP contribution in [-0.2, 0) is 0 Å². The Morgan fingerprint density at radius 3 is 2.79 bits per heavy atom.